The van der Waals surface area contributed by atoms with Crippen molar-refractivity contribution in [3.8, 4) is 0 Å². The maximum Gasteiger partial charge on any atom is 0.508 e. The fourth-order valence-electron chi connectivity index (χ4n) is 8.63. The Morgan fingerprint density at radius 3 is 1.15 bits per heavy atom. The van der Waals surface area contributed by atoms with Crippen LogP contribution in [0.3, 0.4) is 0 Å². The molecule has 0 aliphatic rings. The van der Waals surface area contributed by atoms with E-state index in [-0.39, 0.29) is 24.6 Å². The smallest absolute Gasteiger partial charge is 0.465 e. The molecule has 60 heavy (non-hydrogen) atoms. The molecule has 358 valence electrons. The van der Waals surface area contributed by atoms with Crippen molar-refractivity contribution in [3.05, 3.63) is 0 Å². The van der Waals surface area contributed by atoms with E-state index in [1.807, 2.05) is 0 Å². The average Bonchev–Trinajstić information content (AvgIpc) is 3.24. The van der Waals surface area contributed by atoms with Crippen LogP contribution in [0.5, 0.6) is 0 Å². The molecule has 3 atom stereocenters. The van der Waals surface area contributed by atoms with E-state index in [1.54, 1.807) is 0 Å². The first-order valence-electron chi connectivity index (χ1n) is 27.0. The highest BCUT2D eigenvalue weighted by atomic mass is 16.7. The van der Waals surface area contributed by atoms with Crippen LogP contribution in [-0.2, 0) is 19.0 Å². The normalized spacial score (nSPS) is 13.0. The van der Waals surface area contributed by atoms with Gasteiger partial charge in [0.05, 0.1) is 38.8 Å². The van der Waals surface area contributed by atoms with E-state index >= 15 is 0 Å². The molecule has 0 bridgehead atoms. The van der Waals surface area contributed by atoms with Crippen LogP contribution >= 0.6 is 0 Å². The van der Waals surface area contributed by atoms with Gasteiger partial charge >= 0.3 is 12.1 Å². The molecule has 7 nitrogen and oxygen atoms in total. The summed E-state index contributed by atoms with van der Waals surface area (Å²) in [5.74, 6) is 0.162. The number of rotatable bonds is 49. The lowest BCUT2D eigenvalue weighted by molar-refractivity contribution is -0.901. The summed E-state index contributed by atoms with van der Waals surface area (Å²) in [6.45, 7) is 13.4. The average molecular weight is 853 g/mol. The number of nitrogens with one attached hydrogen (secondary N) is 1. The zero-order valence-corrected chi connectivity index (χ0v) is 41.0. The van der Waals surface area contributed by atoms with E-state index in [2.05, 4.69) is 27.7 Å². The number of hydrogen-bond acceptors (Lipinski definition) is 6. The lowest BCUT2D eigenvalue weighted by atomic mass is 9.94. The van der Waals surface area contributed by atoms with Gasteiger partial charge in [0.15, 0.2) is 0 Å². The number of carbonyl (C=O) groups excluding carboxylic acids is 2. The highest BCUT2D eigenvalue weighted by Crippen LogP contribution is 2.21. The summed E-state index contributed by atoms with van der Waals surface area (Å²) in [4.78, 5) is 26.9. The van der Waals surface area contributed by atoms with Crippen LogP contribution in [0.2, 0.25) is 0 Å². The molecule has 0 rings (SSSR count). The largest absolute Gasteiger partial charge is 0.508 e. The first-order chi connectivity index (χ1) is 29.5. The lowest BCUT2D eigenvalue weighted by Crippen LogP contribution is -3.12. The predicted octanol–water partition coefficient (Wildman–Crippen LogP) is 14.8. The van der Waals surface area contributed by atoms with Crippen molar-refractivity contribution in [2.75, 3.05) is 39.5 Å². The van der Waals surface area contributed by atoms with Gasteiger partial charge in [0, 0.05) is 0 Å². The van der Waals surface area contributed by atoms with Crippen molar-refractivity contribution >= 4 is 12.1 Å². The molecule has 7 heteroatoms. The Labute approximate surface area is 374 Å². The zero-order valence-electron chi connectivity index (χ0n) is 41.0. The molecule has 0 spiro atoms. The second-order valence-electron chi connectivity index (χ2n) is 18.5. The van der Waals surface area contributed by atoms with Gasteiger partial charge in [0.2, 0.25) is 0 Å². The van der Waals surface area contributed by atoms with Crippen LogP contribution in [0.1, 0.15) is 278 Å². The molecule has 0 saturated carbocycles. The van der Waals surface area contributed by atoms with Crippen molar-refractivity contribution in [2.45, 2.75) is 284 Å². The SMILES string of the molecule is CCCCCCCCCCCC(CCCCCC)OC(=O)OCCCCCCCC[NH+](CCO)CCCCCCCCOC(=O)C(CCCCCC)CCCCCCCC. The Morgan fingerprint density at radius 2 is 0.733 bits per heavy atom. The number of ether oxygens (including phenoxy) is 3. The third-order valence-corrected chi connectivity index (χ3v) is 12.7. The van der Waals surface area contributed by atoms with Crippen LogP contribution in [-0.4, -0.2) is 62.8 Å². The summed E-state index contributed by atoms with van der Waals surface area (Å²) in [6, 6.07) is 0. The standard InChI is InChI=1S/C53H105NO6/c1-5-9-13-17-19-20-21-27-35-43-51(42-34-16-12-8-4)60-53(57)59-49-39-31-25-23-29-37-45-54(46-47-55)44-36-28-22-24-30-38-48-58-52(56)50(40-32-15-11-7-3)41-33-26-18-14-10-6-2/h50-51,55H,5-49H2,1-4H3/p+1. The molecule has 0 heterocycles. The Balaban J connectivity index is 4.04. The number of aliphatic hydroxyl groups excluding tert-OH is 1. The molecule has 0 radical (unpaired) electrons. The topological polar surface area (TPSA) is 86.5 Å². The van der Waals surface area contributed by atoms with Crippen molar-refractivity contribution in [1.82, 2.24) is 0 Å². The quantitative estimate of drug-likeness (QED) is 0.0468. The van der Waals surface area contributed by atoms with Crippen molar-refractivity contribution in [3.63, 3.8) is 0 Å². The van der Waals surface area contributed by atoms with Crippen LogP contribution in [0.25, 0.3) is 0 Å². The third-order valence-electron chi connectivity index (χ3n) is 12.7. The number of carbonyl (C=O) groups is 2. The lowest BCUT2D eigenvalue weighted by Gasteiger charge is -2.18. The fraction of sp³-hybridized carbons (Fsp3) is 0.962. The summed E-state index contributed by atoms with van der Waals surface area (Å²) in [7, 11) is 0. The molecule has 0 aromatic rings. The van der Waals surface area contributed by atoms with Gasteiger partial charge in [-0.05, 0) is 77.0 Å². The van der Waals surface area contributed by atoms with Gasteiger partial charge in [-0.3, -0.25) is 4.79 Å². The molecule has 0 saturated heterocycles. The summed E-state index contributed by atoms with van der Waals surface area (Å²) in [5.41, 5.74) is 0. The summed E-state index contributed by atoms with van der Waals surface area (Å²) < 4.78 is 17.1. The van der Waals surface area contributed by atoms with Gasteiger partial charge in [0.1, 0.15) is 12.6 Å². The summed E-state index contributed by atoms with van der Waals surface area (Å²) >= 11 is 0. The van der Waals surface area contributed by atoms with Crippen molar-refractivity contribution in [2.24, 2.45) is 5.92 Å². The Kier molecular flexibility index (Phi) is 47.6. The van der Waals surface area contributed by atoms with Gasteiger partial charge in [-0.15, -0.1) is 0 Å². The van der Waals surface area contributed by atoms with Gasteiger partial charge in [-0.1, -0.05) is 201 Å². The van der Waals surface area contributed by atoms with Gasteiger partial charge in [-0.25, -0.2) is 4.79 Å². The van der Waals surface area contributed by atoms with Gasteiger partial charge < -0.3 is 24.2 Å². The molecule has 0 aliphatic carbocycles. The molecule has 0 fully saturated rings. The summed E-state index contributed by atoms with van der Waals surface area (Å²) in [5, 5.41) is 9.64. The van der Waals surface area contributed by atoms with E-state index in [1.165, 1.54) is 178 Å². The van der Waals surface area contributed by atoms with Crippen LogP contribution in [0.15, 0.2) is 0 Å². The zero-order chi connectivity index (χ0) is 43.8. The van der Waals surface area contributed by atoms with Crippen molar-refractivity contribution in [1.29, 1.82) is 0 Å². The monoisotopic (exact) mass is 853 g/mol. The minimum absolute atomic E-state index is 0.00296. The first kappa shape index (κ1) is 58.7. The molecular weight excluding hydrogens is 747 g/mol. The number of unbranched alkanes of at least 4 members (excludes halogenated alkanes) is 29. The molecule has 0 aliphatic heterocycles. The minimum atomic E-state index is -0.466. The Morgan fingerprint density at radius 1 is 0.400 bits per heavy atom. The van der Waals surface area contributed by atoms with Crippen molar-refractivity contribution < 1.29 is 33.8 Å². The number of esters is 1. The molecule has 3 unspecified atom stereocenters. The van der Waals surface area contributed by atoms with Gasteiger partial charge in [-0.2, -0.15) is 0 Å². The second kappa shape index (κ2) is 48.7. The molecule has 0 aromatic heterocycles. The second-order valence-corrected chi connectivity index (χ2v) is 18.5. The Hall–Kier alpha value is -1.34. The van der Waals surface area contributed by atoms with E-state index in [4.69, 9.17) is 14.2 Å². The highest BCUT2D eigenvalue weighted by molar-refractivity contribution is 5.72. The van der Waals surface area contributed by atoms with E-state index in [0.717, 1.165) is 96.7 Å². The van der Waals surface area contributed by atoms with Gasteiger partial charge in [0.25, 0.3) is 0 Å². The Bertz CT molecular complexity index is 870. The van der Waals surface area contributed by atoms with E-state index in [0.29, 0.717) is 13.2 Å². The minimum Gasteiger partial charge on any atom is -0.465 e. The predicted molar refractivity (Wildman–Crippen MR) is 256 cm³/mol. The molecule has 2 N–H and O–H groups in total. The number of quaternary nitrogens is 1. The number of hydrogen-bond donors (Lipinski definition) is 2. The highest BCUT2D eigenvalue weighted by Gasteiger charge is 2.19. The molecule has 0 amide bonds. The molecule has 0 aromatic carbocycles. The van der Waals surface area contributed by atoms with Crippen LogP contribution < -0.4 is 4.90 Å². The maximum absolute atomic E-state index is 12.9. The fourth-order valence-corrected chi connectivity index (χ4v) is 8.63. The van der Waals surface area contributed by atoms with E-state index in [9.17, 15) is 14.7 Å². The first-order valence-corrected chi connectivity index (χ1v) is 27.0. The maximum atomic E-state index is 12.9. The number of aliphatic hydroxyl groups is 1. The van der Waals surface area contributed by atoms with E-state index < -0.39 is 6.16 Å². The van der Waals surface area contributed by atoms with Crippen LogP contribution in [0.4, 0.5) is 4.79 Å². The third kappa shape index (κ3) is 42.0. The summed E-state index contributed by atoms with van der Waals surface area (Å²) in [6.07, 6.45) is 46.4. The van der Waals surface area contributed by atoms with Crippen LogP contribution in [0, 0.1) is 5.92 Å². The molecular formula is C53H106NO6+.